The second kappa shape index (κ2) is 5.79. The molecule has 0 radical (unpaired) electrons. The molecule has 0 bridgehead atoms. The summed E-state index contributed by atoms with van der Waals surface area (Å²) >= 11 is 0. The van der Waals surface area contributed by atoms with Crippen molar-refractivity contribution in [3.8, 4) is 0 Å². The van der Waals surface area contributed by atoms with Crippen molar-refractivity contribution in [3.05, 3.63) is 29.3 Å². The van der Waals surface area contributed by atoms with Crippen LogP contribution in [0.25, 0.3) is 0 Å². The Labute approximate surface area is 121 Å². The number of aryl methyl sites for hydroxylation is 2. The average Bonchev–Trinajstić information content (AvgIpc) is 2.64. The van der Waals surface area contributed by atoms with Crippen molar-refractivity contribution in [2.24, 2.45) is 11.7 Å². The third-order valence-corrected chi connectivity index (χ3v) is 5.58. The van der Waals surface area contributed by atoms with Gasteiger partial charge in [-0.1, -0.05) is 13.0 Å². The molecule has 2 rings (SSSR count). The van der Waals surface area contributed by atoms with Crippen molar-refractivity contribution in [1.82, 2.24) is 4.31 Å². The minimum atomic E-state index is -3.39. The number of nitrogens with zero attached hydrogens (tertiary/aromatic N) is 1. The topological polar surface area (TPSA) is 63.4 Å². The Balaban J connectivity index is 0.00000180. The highest BCUT2D eigenvalue weighted by molar-refractivity contribution is 7.89. The van der Waals surface area contributed by atoms with E-state index in [4.69, 9.17) is 5.73 Å². The molecule has 0 amide bonds. The van der Waals surface area contributed by atoms with Crippen molar-refractivity contribution in [2.75, 3.05) is 13.1 Å². The van der Waals surface area contributed by atoms with Gasteiger partial charge in [-0.05, 0) is 43.0 Å². The molecule has 2 N–H and O–H groups in total. The van der Waals surface area contributed by atoms with E-state index in [-0.39, 0.29) is 24.4 Å². The molecular weight excluding hydrogens is 284 g/mol. The van der Waals surface area contributed by atoms with E-state index in [0.717, 1.165) is 11.1 Å². The van der Waals surface area contributed by atoms with Crippen LogP contribution in [0.5, 0.6) is 0 Å². The predicted molar refractivity (Wildman–Crippen MR) is 79.1 cm³/mol. The molecule has 1 heterocycles. The lowest BCUT2D eigenvalue weighted by atomic mass is 10.1. The zero-order valence-electron chi connectivity index (χ0n) is 11.5. The Morgan fingerprint density at radius 3 is 2.32 bits per heavy atom. The first-order valence-corrected chi connectivity index (χ1v) is 7.59. The molecule has 2 atom stereocenters. The summed E-state index contributed by atoms with van der Waals surface area (Å²) in [5.74, 6) is 0.214. The summed E-state index contributed by atoms with van der Waals surface area (Å²) in [5, 5.41) is 0. The van der Waals surface area contributed by atoms with Gasteiger partial charge in [0.05, 0.1) is 4.90 Å². The monoisotopic (exact) mass is 304 g/mol. The van der Waals surface area contributed by atoms with E-state index in [9.17, 15) is 8.42 Å². The molecule has 6 heteroatoms. The van der Waals surface area contributed by atoms with Gasteiger partial charge in [-0.2, -0.15) is 4.31 Å². The Kier molecular flexibility index (Phi) is 5.01. The molecule has 1 aromatic rings. The van der Waals surface area contributed by atoms with Crippen LogP contribution in [0.4, 0.5) is 0 Å². The van der Waals surface area contributed by atoms with Crippen molar-refractivity contribution in [1.29, 1.82) is 0 Å². The molecule has 0 aromatic heterocycles. The van der Waals surface area contributed by atoms with Crippen molar-refractivity contribution < 1.29 is 8.42 Å². The Morgan fingerprint density at radius 1 is 1.21 bits per heavy atom. The van der Waals surface area contributed by atoms with Crippen LogP contribution < -0.4 is 5.73 Å². The van der Waals surface area contributed by atoms with Gasteiger partial charge in [0, 0.05) is 19.1 Å². The van der Waals surface area contributed by atoms with Crippen LogP contribution >= 0.6 is 12.4 Å². The molecule has 19 heavy (non-hydrogen) atoms. The van der Waals surface area contributed by atoms with Crippen LogP contribution in [0.15, 0.2) is 23.1 Å². The van der Waals surface area contributed by atoms with Crippen LogP contribution in [0.2, 0.25) is 0 Å². The molecule has 2 unspecified atom stereocenters. The van der Waals surface area contributed by atoms with Gasteiger partial charge in [0.25, 0.3) is 0 Å². The van der Waals surface area contributed by atoms with Crippen LogP contribution in [-0.2, 0) is 10.0 Å². The van der Waals surface area contributed by atoms with Crippen LogP contribution in [0.1, 0.15) is 18.1 Å². The summed E-state index contributed by atoms with van der Waals surface area (Å²) < 4.78 is 26.4. The van der Waals surface area contributed by atoms with Crippen LogP contribution in [0, 0.1) is 19.8 Å². The van der Waals surface area contributed by atoms with Crippen molar-refractivity contribution in [3.63, 3.8) is 0 Å². The SMILES string of the molecule is Cc1ccc(S(=O)(=O)N2CC(C)C(N)C2)cc1C.Cl. The summed E-state index contributed by atoms with van der Waals surface area (Å²) in [6.07, 6.45) is 0. The zero-order valence-corrected chi connectivity index (χ0v) is 13.1. The van der Waals surface area contributed by atoms with E-state index in [1.807, 2.05) is 26.8 Å². The highest BCUT2D eigenvalue weighted by atomic mass is 35.5. The number of nitrogens with two attached hydrogens (primary N) is 1. The van der Waals surface area contributed by atoms with Crippen LogP contribution in [0.3, 0.4) is 0 Å². The van der Waals surface area contributed by atoms with Gasteiger partial charge in [0.15, 0.2) is 0 Å². The van der Waals surface area contributed by atoms with Crippen LogP contribution in [-0.4, -0.2) is 31.9 Å². The van der Waals surface area contributed by atoms with E-state index in [1.165, 1.54) is 4.31 Å². The second-order valence-corrected chi connectivity index (χ2v) is 7.15. The fourth-order valence-corrected chi connectivity index (χ4v) is 3.83. The molecular formula is C13H21ClN2O2S. The van der Waals surface area contributed by atoms with Gasteiger partial charge in [0.1, 0.15) is 0 Å². The normalized spacial score (nSPS) is 24.2. The first-order valence-electron chi connectivity index (χ1n) is 6.15. The lowest BCUT2D eigenvalue weighted by Gasteiger charge is -2.16. The minimum absolute atomic E-state index is 0. The predicted octanol–water partition coefficient (Wildman–Crippen LogP) is 1.69. The lowest BCUT2D eigenvalue weighted by Crippen LogP contribution is -2.32. The first kappa shape index (κ1) is 16.4. The fourth-order valence-electron chi connectivity index (χ4n) is 2.17. The molecule has 1 aliphatic heterocycles. The first-order chi connectivity index (χ1) is 8.32. The molecule has 4 nitrogen and oxygen atoms in total. The average molecular weight is 305 g/mol. The minimum Gasteiger partial charge on any atom is -0.326 e. The number of hydrogen-bond acceptors (Lipinski definition) is 3. The summed E-state index contributed by atoms with van der Waals surface area (Å²) in [4.78, 5) is 0.368. The number of halogens is 1. The Hall–Kier alpha value is -0.620. The van der Waals surface area contributed by atoms with E-state index >= 15 is 0 Å². The Bertz CT molecular complexity index is 550. The van der Waals surface area contributed by atoms with E-state index < -0.39 is 10.0 Å². The molecule has 1 aromatic carbocycles. The van der Waals surface area contributed by atoms with E-state index in [2.05, 4.69) is 0 Å². The largest absolute Gasteiger partial charge is 0.326 e. The highest BCUT2D eigenvalue weighted by Gasteiger charge is 2.35. The molecule has 1 aliphatic rings. The van der Waals surface area contributed by atoms with Gasteiger partial charge >= 0.3 is 0 Å². The quantitative estimate of drug-likeness (QED) is 0.904. The number of sulfonamides is 1. The molecule has 108 valence electrons. The lowest BCUT2D eigenvalue weighted by molar-refractivity contribution is 0.464. The van der Waals surface area contributed by atoms with E-state index in [0.29, 0.717) is 18.0 Å². The fraction of sp³-hybridized carbons (Fsp3) is 0.538. The maximum absolute atomic E-state index is 12.5. The summed E-state index contributed by atoms with van der Waals surface area (Å²) in [7, 11) is -3.39. The smallest absolute Gasteiger partial charge is 0.243 e. The second-order valence-electron chi connectivity index (χ2n) is 5.21. The van der Waals surface area contributed by atoms with E-state index in [1.54, 1.807) is 12.1 Å². The standard InChI is InChI=1S/C13H20N2O2S.ClH/c1-9-4-5-12(6-10(9)2)18(16,17)15-7-11(3)13(14)8-15;/h4-6,11,13H,7-8,14H2,1-3H3;1H. The maximum Gasteiger partial charge on any atom is 0.243 e. The van der Waals surface area contributed by atoms with Gasteiger partial charge in [0.2, 0.25) is 10.0 Å². The Morgan fingerprint density at radius 2 is 1.84 bits per heavy atom. The number of rotatable bonds is 2. The van der Waals surface area contributed by atoms with Crippen molar-refractivity contribution in [2.45, 2.75) is 31.7 Å². The van der Waals surface area contributed by atoms with Gasteiger partial charge < -0.3 is 5.73 Å². The summed E-state index contributed by atoms with van der Waals surface area (Å²) in [6.45, 7) is 6.81. The van der Waals surface area contributed by atoms with Crippen molar-refractivity contribution >= 4 is 22.4 Å². The number of hydrogen-bond donors (Lipinski definition) is 1. The van der Waals surface area contributed by atoms with Gasteiger partial charge in [-0.25, -0.2) is 8.42 Å². The molecule has 1 fully saturated rings. The summed E-state index contributed by atoms with van der Waals surface area (Å²) in [5.41, 5.74) is 7.98. The molecule has 0 saturated carbocycles. The summed E-state index contributed by atoms with van der Waals surface area (Å²) in [6, 6.07) is 5.19. The maximum atomic E-state index is 12.5. The third-order valence-electron chi connectivity index (χ3n) is 3.75. The number of benzene rings is 1. The third kappa shape index (κ3) is 3.11. The van der Waals surface area contributed by atoms with Gasteiger partial charge in [-0.3, -0.25) is 0 Å². The molecule has 1 saturated heterocycles. The molecule has 0 spiro atoms. The zero-order chi connectivity index (χ0) is 13.5. The van der Waals surface area contributed by atoms with Gasteiger partial charge in [-0.15, -0.1) is 12.4 Å². The highest BCUT2D eigenvalue weighted by Crippen LogP contribution is 2.24. The molecule has 0 aliphatic carbocycles.